The zero-order valence-electron chi connectivity index (χ0n) is 8.21. The molecule has 1 amide bonds. The highest BCUT2D eigenvalue weighted by Crippen LogP contribution is 2.32. The number of nitrogen functional groups attached to an aromatic ring is 1. The standard InChI is InChI=1S/C11H14N2O/c1-7(14)13-11-5-3-8-2-4-9(12)6-10(8)11/h2,4,6,11H,3,5,12H2,1H3,(H,13,14). The van der Waals surface area contributed by atoms with E-state index < -0.39 is 0 Å². The third-order valence-corrected chi connectivity index (χ3v) is 2.63. The normalized spacial score (nSPS) is 19.1. The number of hydrogen-bond acceptors (Lipinski definition) is 2. The van der Waals surface area contributed by atoms with Crippen LogP contribution in [0.15, 0.2) is 18.2 Å². The summed E-state index contributed by atoms with van der Waals surface area (Å²) in [6, 6.07) is 6.08. The number of anilines is 1. The van der Waals surface area contributed by atoms with Crippen molar-refractivity contribution in [3.8, 4) is 0 Å². The second-order valence-corrected chi connectivity index (χ2v) is 3.75. The van der Waals surface area contributed by atoms with Crippen LogP contribution in [-0.2, 0) is 11.2 Å². The van der Waals surface area contributed by atoms with Gasteiger partial charge in [0.05, 0.1) is 6.04 Å². The van der Waals surface area contributed by atoms with Gasteiger partial charge in [0.25, 0.3) is 0 Å². The fourth-order valence-electron chi connectivity index (χ4n) is 2.02. The molecule has 1 aromatic carbocycles. The Hall–Kier alpha value is -1.51. The Kier molecular flexibility index (Phi) is 2.15. The predicted octanol–water partition coefficient (Wildman–Crippen LogP) is 1.39. The lowest BCUT2D eigenvalue weighted by Gasteiger charge is -2.12. The highest BCUT2D eigenvalue weighted by molar-refractivity contribution is 5.73. The quantitative estimate of drug-likeness (QED) is 0.657. The number of nitrogens with two attached hydrogens (primary N) is 1. The number of hydrogen-bond donors (Lipinski definition) is 2. The molecule has 0 radical (unpaired) electrons. The lowest BCUT2D eigenvalue weighted by atomic mass is 10.1. The van der Waals surface area contributed by atoms with Crippen LogP contribution in [0.1, 0.15) is 30.5 Å². The van der Waals surface area contributed by atoms with Crippen LogP contribution < -0.4 is 11.1 Å². The zero-order valence-corrected chi connectivity index (χ0v) is 8.21. The van der Waals surface area contributed by atoms with E-state index in [-0.39, 0.29) is 11.9 Å². The van der Waals surface area contributed by atoms with Crippen molar-refractivity contribution in [3.63, 3.8) is 0 Å². The SMILES string of the molecule is CC(=O)NC1CCc2ccc(N)cc21. The van der Waals surface area contributed by atoms with Gasteiger partial charge in [0.15, 0.2) is 0 Å². The van der Waals surface area contributed by atoms with E-state index >= 15 is 0 Å². The molecule has 0 heterocycles. The van der Waals surface area contributed by atoms with Crippen molar-refractivity contribution in [1.82, 2.24) is 5.32 Å². The maximum absolute atomic E-state index is 11.0. The first-order chi connectivity index (χ1) is 6.66. The van der Waals surface area contributed by atoms with Gasteiger partial charge in [0.2, 0.25) is 5.91 Å². The molecule has 0 bridgehead atoms. The minimum atomic E-state index is 0.0188. The molecule has 1 aliphatic carbocycles. The van der Waals surface area contributed by atoms with E-state index in [1.165, 1.54) is 11.1 Å². The van der Waals surface area contributed by atoms with Gasteiger partial charge in [0, 0.05) is 12.6 Å². The molecule has 3 heteroatoms. The lowest BCUT2D eigenvalue weighted by Crippen LogP contribution is -2.24. The summed E-state index contributed by atoms with van der Waals surface area (Å²) in [5, 5.41) is 2.93. The van der Waals surface area contributed by atoms with Gasteiger partial charge >= 0.3 is 0 Å². The summed E-state index contributed by atoms with van der Waals surface area (Å²) in [5.74, 6) is 0.0188. The summed E-state index contributed by atoms with van der Waals surface area (Å²) >= 11 is 0. The van der Waals surface area contributed by atoms with Gasteiger partial charge in [-0.25, -0.2) is 0 Å². The summed E-state index contributed by atoms with van der Waals surface area (Å²) in [5.41, 5.74) is 8.96. The topological polar surface area (TPSA) is 55.1 Å². The van der Waals surface area contributed by atoms with Crippen molar-refractivity contribution in [2.75, 3.05) is 5.73 Å². The van der Waals surface area contributed by atoms with E-state index in [1.807, 2.05) is 18.2 Å². The van der Waals surface area contributed by atoms with Crippen LogP contribution in [0.3, 0.4) is 0 Å². The summed E-state index contributed by atoms with van der Waals surface area (Å²) < 4.78 is 0. The second-order valence-electron chi connectivity index (χ2n) is 3.75. The van der Waals surface area contributed by atoms with Crippen LogP contribution in [0, 0.1) is 0 Å². The predicted molar refractivity (Wildman–Crippen MR) is 55.7 cm³/mol. The van der Waals surface area contributed by atoms with Crippen LogP contribution in [0.2, 0.25) is 0 Å². The molecule has 1 aliphatic rings. The van der Waals surface area contributed by atoms with Gasteiger partial charge in [-0.1, -0.05) is 6.07 Å². The van der Waals surface area contributed by atoms with E-state index in [4.69, 9.17) is 5.73 Å². The first-order valence-electron chi connectivity index (χ1n) is 4.82. The highest BCUT2D eigenvalue weighted by atomic mass is 16.1. The molecule has 1 aromatic rings. The molecule has 1 unspecified atom stereocenters. The summed E-state index contributed by atoms with van der Waals surface area (Å²) in [4.78, 5) is 11.0. The first-order valence-corrected chi connectivity index (χ1v) is 4.82. The van der Waals surface area contributed by atoms with Gasteiger partial charge in [0.1, 0.15) is 0 Å². The maximum atomic E-state index is 11.0. The number of benzene rings is 1. The average Bonchev–Trinajstić information content (AvgIpc) is 2.47. The Morgan fingerprint density at radius 1 is 1.57 bits per heavy atom. The zero-order chi connectivity index (χ0) is 10.1. The van der Waals surface area contributed by atoms with Crippen molar-refractivity contribution >= 4 is 11.6 Å². The summed E-state index contributed by atoms with van der Waals surface area (Å²) in [6.07, 6.45) is 2.01. The molecule has 0 fully saturated rings. The number of carbonyl (C=O) groups is 1. The van der Waals surface area contributed by atoms with Crippen LogP contribution in [-0.4, -0.2) is 5.91 Å². The van der Waals surface area contributed by atoms with Crippen molar-refractivity contribution in [2.24, 2.45) is 0 Å². The van der Waals surface area contributed by atoms with Crippen LogP contribution >= 0.6 is 0 Å². The smallest absolute Gasteiger partial charge is 0.217 e. The van der Waals surface area contributed by atoms with Crippen LogP contribution in [0.25, 0.3) is 0 Å². The maximum Gasteiger partial charge on any atom is 0.217 e. The molecule has 0 spiro atoms. The molecule has 0 aliphatic heterocycles. The van der Waals surface area contributed by atoms with Crippen LogP contribution in [0.4, 0.5) is 5.69 Å². The van der Waals surface area contributed by atoms with Gasteiger partial charge in [-0.05, 0) is 36.1 Å². The Bertz CT molecular complexity index is 374. The monoisotopic (exact) mass is 190 g/mol. The largest absolute Gasteiger partial charge is 0.399 e. The Balaban J connectivity index is 2.28. The Morgan fingerprint density at radius 3 is 3.07 bits per heavy atom. The van der Waals surface area contributed by atoms with E-state index in [2.05, 4.69) is 5.32 Å². The molecule has 0 aromatic heterocycles. The van der Waals surface area contributed by atoms with E-state index in [0.29, 0.717) is 0 Å². The highest BCUT2D eigenvalue weighted by Gasteiger charge is 2.22. The third-order valence-electron chi connectivity index (χ3n) is 2.63. The van der Waals surface area contributed by atoms with Crippen molar-refractivity contribution in [1.29, 1.82) is 0 Å². The minimum absolute atomic E-state index is 0.0188. The van der Waals surface area contributed by atoms with Crippen LogP contribution in [0.5, 0.6) is 0 Å². The number of rotatable bonds is 1. The van der Waals surface area contributed by atoms with Gasteiger partial charge in [-0.2, -0.15) is 0 Å². The van der Waals surface area contributed by atoms with Crippen molar-refractivity contribution < 1.29 is 4.79 Å². The van der Waals surface area contributed by atoms with E-state index in [9.17, 15) is 4.79 Å². The van der Waals surface area contributed by atoms with E-state index in [0.717, 1.165) is 18.5 Å². The molecular weight excluding hydrogens is 176 g/mol. The number of aryl methyl sites for hydroxylation is 1. The molecular formula is C11H14N2O. The Morgan fingerprint density at radius 2 is 2.36 bits per heavy atom. The minimum Gasteiger partial charge on any atom is -0.399 e. The Labute approximate surface area is 83.3 Å². The summed E-state index contributed by atoms with van der Waals surface area (Å²) in [7, 11) is 0. The van der Waals surface area contributed by atoms with Crippen molar-refractivity contribution in [2.45, 2.75) is 25.8 Å². The van der Waals surface area contributed by atoms with Crippen molar-refractivity contribution in [3.05, 3.63) is 29.3 Å². The van der Waals surface area contributed by atoms with Gasteiger partial charge < -0.3 is 11.1 Å². The molecule has 1 atom stereocenters. The third kappa shape index (κ3) is 1.58. The first kappa shape index (κ1) is 9.06. The fraction of sp³-hybridized carbons (Fsp3) is 0.364. The van der Waals surface area contributed by atoms with Gasteiger partial charge in [-0.15, -0.1) is 0 Å². The molecule has 0 saturated heterocycles. The number of amides is 1. The van der Waals surface area contributed by atoms with E-state index in [1.54, 1.807) is 6.92 Å². The molecule has 0 saturated carbocycles. The lowest BCUT2D eigenvalue weighted by molar-refractivity contribution is -0.119. The molecule has 14 heavy (non-hydrogen) atoms. The molecule has 3 N–H and O–H groups in total. The fourth-order valence-corrected chi connectivity index (χ4v) is 2.02. The molecule has 2 rings (SSSR count). The number of carbonyl (C=O) groups excluding carboxylic acids is 1. The number of nitrogens with one attached hydrogen (secondary N) is 1. The second kappa shape index (κ2) is 3.33. The average molecular weight is 190 g/mol. The molecule has 74 valence electrons. The van der Waals surface area contributed by atoms with Gasteiger partial charge in [-0.3, -0.25) is 4.79 Å². The number of fused-ring (bicyclic) bond motifs is 1. The summed E-state index contributed by atoms with van der Waals surface area (Å²) in [6.45, 7) is 1.55. The molecule has 3 nitrogen and oxygen atoms in total.